The fraction of sp³-hybridized carbons (Fsp3) is 0.138. The lowest BCUT2D eigenvalue weighted by atomic mass is 10.1. The van der Waals surface area contributed by atoms with Gasteiger partial charge in [-0.15, -0.1) is 0 Å². The second kappa shape index (κ2) is 12.1. The van der Waals surface area contributed by atoms with Gasteiger partial charge in [0, 0.05) is 5.69 Å². The number of hydrazone groups is 1. The van der Waals surface area contributed by atoms with E-state index in [1.807, 2.05) is 54.8 Å². The van der Waals surface area contributed by atoms with Crippen LogP contribution < -0.4 is 20.2 Å². The van der Waals surface area contributed by atoms with E-state index in [0.717, 1.165) is 34.5 Å². The van der Waals surface area contributed by atoms with Crippen LogP contribution >= 0.6 is 0 Å². The van der Waals surface area contributed by atoms with Crippen molar-refractivity contribution in [1.82, 2.24) is 5.43 Å². The summed E-state index contributed by atoms with van der Waals surface area (Å²) in [6.07, 6.45) is -3.28. The molecule has 0 bridgehead atoms. The summed E-state index contributed by atoms with van der Waals surface area (Å²) in [5, 5.41) is 8.08. The number of nitrogens with zero attached hydrogens (tertiary/aromatic N) is 1. The molecule has 200 valence electrons. The number of amides is 2. The highest BCUT2D eigenvalue weighted by atomic mass is 19.4. The van der Waals surface area contributed by atoms with Crippen molar-refractivity contribution < 1.29 is 32.2 Å². The van der Waals surface area contributed by atoms with Gasteiger partial charge in [-0.2, -0.15) is 18.3 Å². The first kappa shape index (κ1) is 27.2. The lowest BCUT2D eigenvalue weighted by Crippen LogP contribution is -2.32. The topological polar surface area (TPSA) is 89.0 Å². The minimum atomic E-state index is -4.58. The largest absolute Gasteiger partial charge is 0.490 e. The number of ether oxygens (including phenoxy) is 2. The Kier molecular flexibility index (Phi) is 8.45. The molecule has 0 heterocycles. The van der Waals surface area contributed by atoms with Crippen LogP contribution in [0.1, 0.15) is 23.6 Å². The Morgan fingerprint density at radius 2 is 1.64 bits per heavy atom. The van der Waals surface area contributed by atoms with Crippen molar-refractivity contribution in [1.29, 1.82) is 0 Å². The van der Waals surface area contributed by atoms with Gasteiger partial charge in [0.25, 0.3) is 0 Å². The fourth-order valence-corrected chi connectivity index (χ4v) is 3.74. The average Bonchev–Trinajstić information content (AvgIpc) is 2.92. The number of carbonyl (C=O) groups excluding carboxylic acids is 2. The number of hydrogen-bond acceptors (Lipinski definition) is 5. The van der Waals surface area contributed by atoms with Crippen LogP contribution in [0.25, 0.3) is 10.8 Å². The van der Waals surface area contributed by atoms with Crippen LogP contribution in [0, 0.1) is 0 Å². The summed E-state index contributed by atoms with van der Waals surface area (Å²) >= 11 is 0. The molecule has 0 atom stereocenters. The van der Waals surface area contributed by atoms with Crippen LogP contribution in [0.2, 0.25) is 0 Å². The van der Waals surface area contributed by atoms with Gasteiger partial charge >= 0.3 is 18.0 Å². The summed E-state index contributed by atoms with van der Waals surface area (Å²) in [6, 6.07) is 23.0. The zero-order valence-corrected chi connectivity index (χ0v) is 20.8. The van der Waals surface area contributed by atoms with E-state index in [1.54, 1.807) is 18.2 Å². The SMILES string of the molecule is CCOc1cc(/C=N/NC(=O)C(=O)Nc2cccc(C(F)(F)F)c2)ccc1OCc1cccc2ccccc12. The molecule has 0 saturated heterocycles. The molecule has 0 unspecified atom stereocenters. The van der Waals surface area contributed by atoms with Gasteiger partial charge < -0.3 is 14.8 Å². The summed E-state index contributed by atoms with van der Waals surface area (Å²) in [7, 11) is 0. The zero-order valence-electron chi connectivity index (χ0n) is 20.8. The zero-order chi connectivity index (χ0) is 27.8. The third-order valence-corrected chi connectivity index (χ3v) is 5.56. The summed E-state index contributed by atoms with van der Waals surface area (Å²) in [4.78, 5) is 24.1. The highest BCUT2D eigenvalue weighted by Gasteiger charge is 2.30. The number of halogens is 3. The van der Waals surface area contributed by atoms with Crippen molar-refractivity contribution >= 4 is 34.5 Å². The van der Waals surface area contributed by atoms with E-state index in [9.17, 15) is 22.8 Å². The van der Waals surface area contributed by atoms with Crippen molar-refractivity contribution in [2.45, 2.75) is 19.7 Å². The molecule has 0 aromatic heterocycles. The highest BCUT2D eigenvalue weighted by Crippen LogP contribution is 2.31. The number of anilines is 1. The van der Waals surface area contributed by atoms with E-state index in [0.29, 0.717) is 30.3 Å². The number of carbonyl (C=O) groups is 2. The normalized spacial score (nSPS) is 11.4. The standard InChI is InChI=1S/C29H24F3N3O4/c1-2-38-26-15-19(13-14-25(26)39-18-21-9-5-8-20-7-3-4-12-24(20)21)17-33-35-28(37)27(36)34-23-11-6-10-22(16-23)29(30,31)32/h3-17H,2,18H2,1H3,(H,34,36)(H,35,37)/b33-17+. The Hall–Kier alpha value is -4.86. The minimum Gasteiger partial charge on any atom is -0.490 e. The van der Waals surface area contributed by atoms with Gasteiger partial charge in [0.1, 0.15) is 6.61 Å². The van der Waals surface area contributed by atoms with Gasteiger partial charge in [-0.3, -0.25) is 9.59 Å². The number of rotatable bonds is 8. The maximum absolute atomic E-state index is 12.8. The van der Waals surface area contributed by atoms with Gasteiger partial charge in [0.05, 0.1) is 18.4 Å². The van der Waals surface area contributed by atoms with Crippen LogP contribution in [0.4, 0.5) is 18.9 Å². The molecule has 0 spiro atoms. The molecule has 2 N–H and O–H groups in total. The van der Waals surface area contributed by atoms with Gasteiger partial charge in [-0.1, -0.05) is 48.5 Å². The van der Waals surface area contributed by atoms with E-state index in [4.69, 9.17) is 9.47 Å². The Morgan fingerprint density at radius 1 is 0.872 bits per heavy atom. The van der Waals surface area contributed by atoms with E-state index < -0.39 is 23.6 Å². The van der Waals surface area contributed by atoms with Crippen molar-refractivity contribution in [3.05, 3.63) is 102 Å². The highest BCUT2D eigenvalue weighted by molar-refractivity contribution is 6.39. The number of fused-ring (bicyclic) bond motifs is 1. The molecule has 39 heavy (non-hydrogen) atoms. The number of alkyl halides is 3. The van der Waals surface area contributed by atoms with Crippen molar-refractivity contribution in [2.75, 3.05) is 11.9 Å². The third-order valence-electron chi connectivity index (χ3n) is 5.56. The molecular weight excluding hydrogens is 511 g/mol. The first-order valence-corrected chi connectivity index (χ1v) is 11.9. The number of benzene rings is 4. The average molecular weight is 536 g/mol. The summed E-state index contributed by atoms with van der Waals surface area (Å²) in [5.74, 6) is -1.33. The van der Waals surface area contributed by atoms with Crippen LogP contribution in [-0.2, 0) is 22.4 Å². The van der Waals surface area contributed by atoms with Crippen LogP contribution in [0.5, 0.6) is 11.5 Å². The first-order valence-electron chi connectivity index (χ1n) is 11.9. The molecule has 2 amide bonds. The van der Waals surface area contributed by atoms with Crippen molar-refractivity contribution in [3.63, 3.8) is 0 Å². The molecule has 0 saturated carbocycles. The molecule has 4 aromatic rings. The smallest absolute Gasteiger partial charge is 0.416 e. The quantitative estimate of drug-likeness (QED) is 0.166. The maximum atomic E-state index is 12.8. The summed E-state index contributed by atoms with van der Waals surface area (Å²) < 4.78 is 50.3. The lowest BCUT2D eigenvalue weighted by Gasteiger charge is -2.13. The molecule has 7 nitrogen and oxygen atoms in total. The molecule has 0 aliphatic heterocycles. The first-order chi connectivity index (χ1) is 18.7. The third kappa shape index (κ3) is 7.13. The molecule has 0 aliphatic rings. The van der Waals surface area contributed by atoms with E-state index in [1.165, 1.54) is 12.3 Å². The maximum Gasteiger partial charge on any atom is 0.416 e. The van der Waals surface area contributed by atoms with E-state index in [-0.39, 0.29) is 5.69 Å². The molecule has 0 aliphatic carbocycles. The van der Waals surface area contributed by atoms with Crippen LogP contribution in [0.3, 0.4) is 0 Å². The van der Waals surface area contributed by atoms with Gasteiger partial charge in [0.15, 0.2) is 11.5 Å². The Morgan fingerprint density at radius 3 is 2.44 bits per heavy atom. The van der Waals surface area contributed by atoms with Crippen molar-refractivity contribution in [3.8, 4) is 11.5 Å². The lowest BCUT2D eigenvalue weighted by molar-refractivity contribution is -0.137. The molecule has 4 aromatic carbocycles. The Bertz CT molecular complexity index is 1510. The van der Waals surface area contributed by atoms with Gasteiger partial charge in [0.2, 0.25) is 0 Å². The molecule has 0 radical (unpaired) electrons. The molecular formula is C29H24F3N3O4. The number of nitrogens with one attached hydrogen (secondary N) is 2. The van der Waals surface area contributed by atoms with Crippen molar-refractivity contribution in [2.24, 2.45) is 5.10 Å². The van der Waals surface area contributed by atoms with Crippen LogP contribution in [-0.4, -0.2) is 24.6 Å². The predicted molar refractivity (Wildman–Crippen MR) is 142 cm³/mol. The Labute approximate surface area is 222 Å². The fourth-order valence-electron chi connectivity index (χ4n) is 3.74. The van der Waals surface area contributed by atoms with Crippen LogP contribution in [0.15, 0.2) is 90.0 Å². The Balaban J connectivity index is 1.38. The van der Waals surface area contributed by atoms with E-state index >= 15 is 0 Å². The molecule has 0 fully saturated rings. The summed E-state index contributed by atoms with van der Waals surface area (Å²) in [6.45, 7) is 2.54. The minimum absolute atomic E-state index is 0.172. The molecule has 10 heteroatoms. The van der Waals surface area contributed by atoms with E-state index in [2.05, 4.69) is 10.4 Å². The second-order valence-electron chi connectivity index (χ2n) is 8.30. The van der Waals surface area contributed by atoms with Gasteiger partial charge in [-0.25, -0.2) is 5.43 Å². The number of hydrogen-bond donors (Lipinski definition) is 2. The summed E-state index contributed by atoms with van der Waals surface area (Å²) in [5.41, 5.74) is 2.50. The molecule has 4 rings (SSSR count). The second-order valence-corrected chi connectivity index (χ2v) is 8.30. The monoisotopic (exact) mass is 535 g/mol. The van der Waals surface area contributed by atoms with Gasteiger partial charge in [-0.05, 0) is 65.2 Å². The predicted octanol–water partition coefficient (Wildman–Crippen LogP) is 5.93.